The van der Waals surface area contributed by atoms with Crippen LogP contribution in [0.15, 0.2) is 46.8 Å². The first kappa shape index (κ1) is 20.4. The molecule has 0 saturated heterocycles. The molecule has 0 radical (unpaired) electrons. The number of carbonyl (C=O) groups is 1. The standard InChI is InChI=1S/C22H30N4OS/c1-22(2,19-10-7-15-28-19)16-25-21(23-3)24-13-6-11-20(27)26-14-12-17-8-4-5-9-18(17)26/h4-5,7-10,15H,6,11-14,16H2,1-3H3,(H2,23,24,25). The van der Waals surface area contributed by atoms with E-state index in [1.54, 1.807) is 18.4 Å². The predicted molar refractivity (Wildman–Crippen MR) is 118 cm³/mol. The van der Waals surface area contributed by atoms with Gasteiger partial charge in [-0.05, 0) is 35.9 Å². The quantitative estimate of drug-likeness (QED) is 0.426. The van der Waals surface area contributed by atoms with E-state index in [9.17, 15) is 4.79 Å². The predicted octanol–water partition coefficient (Wildman–Crippen LogP) is 3.56. The lowest BCUT2D eigenvalue weighted by molar-refractivity contribution is -0.118. The van der Waals surface area contributed by atoms with Crippen molar-refractivity contribution in [3.8, 4) is 0 Å². The van der Waals surface area contributed by atoms with Gasteiger partial charge in [-0.1, -0.05) is 38.1 Å². The summed E-state index contributed by atoms with van der Waals surface area (Å²) in [6.45, 7) is 6.78. The molecule has 1 aliphatic rings. The second-order valence-electron chi connectivity index (χ2n) is 7.74. The molecule has 1 aliphatic heterocycles. The smallest absolute Gasteiger partial charge is 0.227 e. The van der Waals surface area contributed by atoms with Crippen LogP contribution in [0.25, 0.3) is 0 Å². The number of nitrogens with one attached hydrogen (secondary N) is 2. The molecular formula is C22H30N4OS. The van der Waals surface area contributed by atoms with Gasteiger partial charge in [-0.15, -0.1) is 11.3 Å². The van der Waals surface area contributed by atoms with Crippen LogP contribution in [0.1, 0.15) is 37.1 Å². The Labute approximate surface area is 171 Å². The fourth-order valence-corrected chi connectivity index (χ4v) is 4.31. The molecule has 3 rings (SSSR count). The Morgan fingerprint density at radius 1 is 1.21 bits per heavy atom. The summed E-state index contributed by atoms with van der Waals surface area (Å²) in [6.07, 6.45) is 2.28. The van der Waals surface area contributed by atoms with Gasteiger partial charge in [-0.2, -0.15) is 0 Å². The third kappa shape index (κ3) is 4.93. The van der Waals surface area contributed by atoms with E-state index in [1.807, 2.05) is 23.1 Å². The van der Waals surface area contributed by atoms with Crippen molar-refractivity contribution in [1.82, 2.24) is 10.6 Å². The number of benzene rings is 1. The van der Waals surface area contributed by atoms with Crippen molar-refractivity contribution >= 4 is 28.9 Å². The number of thiophene rings is 1. The van der Waals surface area contributed by atoms with Crippen LogP contribution in [0.2, 0.25) is 0 Å². The Balaban J connectivity index is 1.40. The van der Waals surface area contributed by atoms with E-state index in [0.29, 0.717) is 6.42 Å². The Morgan fingerprint density at radius 2 is 2.04 bits per heavy atom. The molecule has 28 heavy (non-hydrogen) atoms. The SMILES string of the molecule is CN=C(NCCCC(=O)N1CCc2ccccc21)NCC(C)(C)c1cccs1. The lowest BCUT2D eigenvalue weighted by Crippen LogP contribution is -2.43. The molecule has 0 bridgehead atoms. The molecule has 0 spiro atoms. The van der Waals surface area contributed by atoms with Crippen molar-refractivity contribution in [1.29, 1.82) is 0 Å². The Morgan fingerprint density at radius 3 is 2.79 bits per heavy atom. The molecule has 0 fully saturated rings. The maximum atomic E-state index is 12.6. The molecule has 1 aromatic carbocycles. The molecular weight excluding hydrogens is 368 g/mol. The molecule has 6 heteroatoms. The van der Waals surface area contributed by atoms with Crippen molar-refractivity contribution in [2.24, 2.45) is 4.99 Å². The van der Waals surface area contributed by atoms with Crippen molar-refractivity contribution in [3.63, 3.8) is 0 Å². The number of aliphatic imine (C=N–C) groups is 1. The summed E-state index contributed by atoms with van der Waals surface area (Å²) < 4.78 is 0. The minimum atomic E-state index is 0.0465. The maximum absolute atomic E-state index is 12.6. The van der Waals surface area contributed by atoms with E-state index in [4.69, 9.17) is 0 Å². The number of nitrogens with zero attached hydrogens (tertiary/aromatic N) is 2. The van der Waals surface area contributed by atoms with Gasteiger partial charge in [-0.3, -0.25) is 9.79 Å². The van der Waals surface area contributed by atoms with Gasteiger partial charge in [-0.25, -0.2) is 0 Å². The number of carbonyl (C=O) groups excluding carboxylic acids is 1. The average Bonchev–Trinajstić information content (AvgIpc) is 3.37. The largest absolute Gasteiger partial charge is 0.356 e. The molecule has 0 aliphatic carbocycles. The van der Waals surface area contributed by atoms with Crippen molar-refractivity contribution < 1.29 is 4.79 Å². The number of anilines is 1. The molecule has 0 unspecified atom stereocenters. The number of hydrogen-bond donors (Lipinski definition) is 2. The lowest BCUT2D eigenvalue weighted by atomic mass is 9.91. The van der Waals surface area contributed by atoms with E-state index < -0.39 is 0 Å². The highest BCUT2D eigenvalue weighted by atomic mass is 32.1. The first-order valence-corrected chi connectivity index (χ1v) is 10.8. The van der Waals surface area contributed by atoms with Crippen LogP contribution in [0, 0.1) is 0 Å². The zero-order valence-corrected chi connectivity index (χ0v) is 17.8. The molecule has 0 atom stereocenters. The summed E-state index contributed by atoms with van der Waals surface area (Å²) in [4.78, 5) is 20.1. The van der Waals surface area contributed by atoms with Crippen LogP contribution < -0.4 is 15.5 Å². The van der Waals surface area contributed by atoms with Crippen LogP contribution >= 0.6 is 11.3 Å². The summed E-state index contributed by atoms with van der Waals surface area (Å²) in [5, 5.41) is 8.84. The van der Waals surface area contributed by atoms with Gasteiger partial charge >= 0.3 is 0 Å². The van der Waals surface area contributed by atoms with Gasteiger partial charge in [0, 0.05) is 49.1 Å². The second-order valence-corrected chi connectivity index (χ2v) is 8.69. The van der Waals surface area contributed by atoms with Gasteiger partial charge in [0.25, 0.3) is 0 Å². The lowest BCUT2D eigenvalue weighted by Gasteiger charge is -2.25. The van der Waals surface area contributed by atoms with Crippen LogP contribution in [-0.2, 0) is 16.6 Å². The van der Waals surface area contributed by atoms with Crippen LogP contribution in [-0.4, -0.2) is 38.5 Å². The summed E-state index contributed by atoms with van der Waals surface area (Å²) in [7, 11) is 1.78. The highest BCUT2D eigenvalue weighted by molar-refractivity contribution is 7.10. The summed E-state index contributed by atoms with van der Waals surface area (Å²) in [5.41, 5.74) is 2.39. The Hall–Kier alpha value is -2.34. The van der Waals surface area contributed by atoms with Crippen molar-refractivity contribution in [2.45, 2.75) is 38.5 Å². The summed E-state index contributed by atoms with van der Waals surface area (Å²) >= 11 is 1.78. The maximum Gasteiger partial charge on any atom is 0.227 e. The second kappa shape index (κ2) is 9.24. The van der Waals surface area contributed by atoms with Gasteiger partial charge in [0.1, 0.15) is 0 Å². The van der Waals surface area contributed by atoms with Gasteiger partial charge in [0.15, 0.2) is 5.96 Å². The third-order valence-corrected chi connectivity index (χ3v) is 6.39. The van der Waals surface area contributed by atoms with E-state index in [2.05, 4.69) is 53.1 Å². The summed E-state index contributed by atoms with van der Waals surface area (Å²) in [5.74, 6) is 0.983. The molecule has 0 saturated carbocycles. The highest BCUT2D eigenvalue weighted by Gasteiger charge is 2.24. The van der Waals surface area contributed by atoms with Crippen LogP contribution in [0.4, 0.5) is 5.69 Å². The number of hydrogen-bond acceptors (Lipinski definition) is 3. The topological polar surface area (TPSA) is 56.7 Å². The minimum absolute atomic E-state index is 0.0465. The third-order valence-electron chi connectivity index (χ3n) is 5.16. The first-order chi connectivity index (χ1) is 13.5. The van der Waals surface area contributed by atoms with Crippen LogP contribution in [0.5, 0.6) is 0 Å². The van der Waals surface area contributed by atoms with Crippen molar-refractivity contribution in [2.75, 3.05) is 31.6 Å². The number of para-hydroxylation sites is 1. The van der Waals surface area contributed by atoms with E-state index >= 15 is 0 Å². The summed E-state index contributed by atoms with van der Waals surface area (Å²) in [6, 6.07) is 12.4. The molecule has 5 nitrogen and oxygen atoms in total. The zero-order chi connectivity index (χ0) is 20.0. The van der Waals surface area contributed by atoms with Gasteiger partial charge in [0.2, 0.25) is 5.91 Å². The highest BCUT2D eigenvalue weighted by Crippen LogP contribution is 2.28. The number of fused-ring (bicyclic) bond motifs is 1. The molecule has 1 amide bonds. The van der Waals surface area contributed by atoms with Crippen molar-refractivity contribution in [3.05, 3.63) is 52.2 Å². The number of amides is 1. The van der Waals surface area contributed by atoms with E-state index in [0.717, 1.165) is 44.1 Å². The first-order valence-electron chi connectivity index (χ1n) is 9.88. The zero-order valence-electron chi connectivity index (χ0n) is 17.0. The molecule has 2 N–H and O–H groups in total. The number of guanidine groups is 1. The van der Waals surface area contributed by atoms with Gasteiger partial charge in [0.05, 0.1) is 0 Å². The molecule has 1 aromatic heterocycles. The van der Waals surface area contributed by atoms with Crippen LogP contribution in [0.3, 0.4) is 0 Å². The molecule has 2 heterocycles. The normalized spacial score (nSPS) is 14.1. The Bertz CT molecular complexity index is 814. The van der Waals surface area contributed by atoms with E-state index in [1.165, 1.54) is 10.4 Å². The minimum Gasteiger partial charge on any atom is -0.356 e. The fourth-order valence-electron chi connectivity index (χ4n) is 3.45. The van der Waals surface area contributed by atoms with Gasteiger partial charge < -0.3 is 15.5 Å². The number of rotatable bonds is 7. The van der Waals surface area contributed by atoms with E-state index in [-0.39, 0.29) is 11.3 Å². The monoisotopic (exact) mass is 398 g/mol. The molecule has 2 aromatic rings. The fraction of sp³-hybridized carbons (Fsp3) is 0.455. The average molecular weight is 399 g/mol. The Kier molecular flexibility index (Phi) is 6.73. The molecule has 150 valence electrons.